The van der Waals surface area contributed by atoms with Gasteiger partial charge in [-0.3, -0.25) is 4.79 Å². The first-order valence-corrected chi connectivity index (χ1v) is 9.15. The van der Waals surface area contributed by atoms with Crippen LogP contribution in [0.4, 0.5) is 5.69 Å². The molecule has 24 heavy (non-hydrogen) atoms. The maximum absolute atomic E-state index is 12.3. The van der Waals surface area contributed by atoms with Crippen LogP contribution in [-0.4, -0.2) is 25.2 Å². The lowest BCUT2D eigenvalue weighted by molar-refractivity contribution is -0.112. The maximum atomic E-state index is 12.3. The maximum Gasteiger partial charge on any atom is 0.248 e. The van der Waals surface area contributed by atoms with Crippen LogP contribution in [-0.2, 0) is 9.53 Å². The van der Waals surface area contributed by atoms with Gasteiger partial charge in [0, 0.05) is 12.7 Å². The monoisotopic (exact) mass is 329 g/mol. The lowest BCUT2D eigenvalue weighted by Gasteiger charge is -2.23. The molecule has 1 N–H and O–H groups in total. The van der Waals surface area contributed by atoms with Crippen molar-refractivity contribution in [2.75, 3.05) is 18.5 Å². The highest BCUT2D eigenvalue weighted by atomic mass is 16.5. The van der Waals surface area contributed by atoms with Crippen molar-refractivity contribution in [3.05, 3.63) is 35.9 Å². The van der Waals surface area contributed by atoms with Crippen LogP contribution in [0.25, 0.3) is 0 Å². The third-order valence-electron chi connectivity index (χ3n) is 4.67. The third-order valence-corrected chi connectivity index (χ3v) is 4.67. The van der Waals surface area contributed by atoms with Crippen molar-refractivity contribution in [2.24, 2.45) is 0 Å². The number of nitrogens with one attached hydrogen (secondary N) is 1. The van der Waals surface area contributed by atoms with Gasteiger partial charge in [-0.1, -0.05) is 24.1 Å². The first-order valence-electron chi connectivity index (χ1n) is 9.15. The standard InChI is InChI=1S/C20H27NO3/c22-20(14-16-8-2-1-3-9-16)21-18-11-4-5-12-19(18)24-15-17-10-6-7-13-23-17/h4-5,11-12,14,17H,1-3,6-10,13,15H2,(H,21,22)/t17-/m1/s1. The molecular formula is C20H27NO3. The summed E-state index contributed by atoms with van der Waals surface area (Å²) >= 11 is 0. The van der Waals surface area contributed by atoms with Crippen molar-refractivity contribution < 1.29 is 14.3 Å². The zero-order valence-electron chi connectivity index (χ0n) is 14.3. The summed E-state index contributed by atoms with van der Waals surface area (Å²) in [7, 11) is 0. The second-order valence-electron chi connectivity index (χ2n) is 6.65. The van der Waals surface area contributed by atoms with E-state index in [0.29, 0.717) is 12.4 Å². The van der Waals surface area contributed by atoms with Crippen molar-refractivity contribution in [2.45, 2.75) is 57.5 Å². The molecule has 0 unspecified atom stereocenters. The fourth-order valence-electron chi connectivity index (χ4n) is 3.32. The van der Waals surface area contributed by atoms with E-state index in [1.54, 1.807) is 6.08 Å². The van der Waals surface area contributed by atoms with Crippen LogP contribution in [0.2, 0.25) is 0 Å². The quantitative estimate of drug-likeness (QED) is 0.811. The van der Waals surface area contributed by atoms with E-state index in [2.05, 4.69) is 5.32 Å². The average molecular weight is 329 g/mol. The number of hydrogen-bond acceptors (Lipinski definition) is 3. The van der Waals surface area contributed by atoms with Crippen LogP contribution < -0.4 is 10.1 Å². The van der Waals surface area contributed by atoms with Crippen molar-refractivity contribution >= 4 is 11.6 Å². The van der Waals surface area contributed by atoms with Gasteiger partial charge in [0.05, 0.1) is 11.8 Å². The number of rotatable bonds is 5. The molecule has 1 saturated carbocycles. The van der Waals surface area contributed by atoms with E-state index in [1.165, 1.54) is 31.3 Å². The predicted octanol–water partition coefficient (Wildman–Crippen LogP) is 4.46. The normalized spacial score (nSPS) is 21.2. The molecule has 1 aliphatic carbocycles. The fourth-order valence-corrected chi connectivity index (χ4v) is 3.32. The van der Waals surface area contributed by atoms with Gasteiger partial charge in [0.25, 0.3) is 0 Å². The molecule has 1 aromatic carbocycles. The Labute approximate surface area is 144 Å². The lowest BCUT2D eigenvalue weighted by Crippen LogP contribution is -2.26. The summed E-state index contributed by atoms with van der Waals surface area (Å²) in [6, 6.07) is 7.61. The van der Waals surface area contributed by atoms with Gasteiger partial charge in [-0.25, -0.2) is 0 Å². The van der Waals surface area contributed by atoms with E-state index in [4.69, 9.17) is 9.47 Å². The molecule has 0 bridgehead atoms. The number of carbonyl (C=O) groups is 1. The van der Waals surface area contributed by atoms with E-state index >= 15 is 0 Å². The van der Waals surface area contributed by atoms with Gasteiger partial charge in [-0.2, -0.15) is 0 Å². The highest BCUT2D eigenvalue weighted by molar-refractivity contribution is 6.00. The molecule has 2 fully saturated rings. The van der Waals surface area contributed by atoms with Gasteiger partial charge < -0.3 is 14.8 Å². The van der Waals surface area contributed by atoms with Crippen molar-refractivity contribution in [1.29, 1.82) is 0 Å². The van der Waals surface area contributed by atoms with E-state index in [0.717, 1.165) is 38.0 Å². The largest absolute Gasteiger partial charge is 0.489 e. The number of ether oxygens (including phenoxy) is 2. The topological polar surface area (TPSA) is 47.6 Å². The first kappa shape index (κ1) is 17.0. The third kappa shape index (κ3) is 5.10. The second-order valence-corrected chi connectivity index (χ2v) is 6.65. The Bertz CT molecular complexity index is 568. The molecule has 130 valence electrons. The first-order chi connectivity index (χ1) is 11.8. The Kier molecular flexibility index (Phi) is 6.30. The van der Waals surface area contributed by atoms with Crippen molar-refractivity contribution in [3.8, 4) is 5.75 Å². The smallest absolute Gasteiger partial charge is 0.248 e. The summed E-state index contributed by atoms with van der Waals surface area (Å²) in [5.41, 5.74) is 1.98. The SMILES string of the molecule is O=C(C=C1CCCCC1)Nc1ccccc1OC[C@H]1CCCCO1. The molecule has 1 aliphatic heterocycles. The summed E-state index contributed by atoms with van der Waals surface area (Å²) in [6.07, 6.45) is 11.1. The molecule has 0 spiro atoms. The van der Waals surface area contributed by atoms with Crippen LogP contribution >= 0.6 is 0 Å². The Morgan fingerprint density at radius 1 is 1.17 bits per heavy atom. The number of anilines is 1. The highest BCUT2D eigenvalue weighted by Gasteiger charge is 2.16. The summed E-state index contributed by atoms with van der Waals surface area (Å²) in [6.45, 7) is 1.36. The summed E-state index contributed by atoms with van der Waals surface area (Å²) in [4.78, 5) is 12.3. The minimum atomic E-state index is -0.0585. The average Bonchev–Trinajstić information content (AvgIpc) is 2.63. The number of para-hydroxylation sites is 2. The number of benzene rings is 1. The van der Waals surface area contributed by atoms with E-state index in [-0.39, 0.29) is 12.0 Å². The van der Waals surface area contributed by atoms with Gasteiger partial charge in [-0.15, -0.1) is 0 Å². The minimum Gasteiger partial charge on any atom is -0.489 e. The lowest BCUT2D eigenvalue weighted by atomic mass is 9.94. The second kappa shape index (κ2) is 8.88. The predicted molar refractivity (Wildman–Crippen MR) is 95.3 cm³/mol. The van der Waals surface area contributed by atoms with Crippen LogP contribution in [0.15, 0.2) is 35.9 Å². The Hall–Kier alpha value is -1.81. The molecule has 4 nitrogen and oxygen atoms in total. The van der Waals surface area contributed by atoms with Crippen molar-refractivity contribution in [3.63, 3.8) is 0 Å². The van der Waals surface area contributed by atoms with Crippen molar-refractivity contribution in [1.82, 2.24) is 0 Å². The zero-order valence-corrected chi connectivity index (χ0v) is 14.3. The molecule has 1 heterocycles. The molecule has 4 heteroatoms. The molecular weight excluding hydrogens is 302 g/mol. The Balaban J connectivity index is 1.57. The number of allylic oxidation sites excluding steroid dienone is 1. The molecule has 1 aromatic rings. The summed E-state index contributed by atoms with van der Waals surface area (Å²) in [5, 5.41) is 2.96. The fraction of sp³-hybridized carbons (Fsp3) is 0.550. The van der Waals surface area contributed by atoms with Gasteiger partial charge in [0.1, 0.15) is 12.4 Å². The Morgan fingerprint density at radius 2 is 2.00 bits per heavy atom. The van der Waals surface area contributed by atoms with Gasteiger partial charge in [0.2, 0.25) is 5.91 Å². The van der Waals surface area contributed by atoms with E-state index < -0.39 is 0 Å². The van der Waals surface area contributed by atoms with Crippen LogP contribution in [0.5, 0.6) is 5.75 Å². The van der Waals surface area contributed by atoms with E-state index in [1.807, 2.05) is 24.3 Å². The number of hydrogen-bond donors (Lipinski definition) is 1. The molecule has 1 atom stereocenters. The van der Waals surface area contributed by atoms with Gasteiger partial charge in [-0.05, 0) is 57.1 Å². The van der Waals surface area contributed by atoms with E-state index in [9.17, 15) is 4.79 Å². The summed E-state index contributed by atoms with van der Waals surface area (Å²) < 4.78 is 11.6. The Morgan fingerprint density at radius 3 is 2.79 bits per heavy atom. The van der Waals surface area contributed by atoms with Gasteiger partial charge >= 0.3 is 0 Å². The minimum absolute atomic E-state index is 0.0585. The zero-order chi connectivity index (χ0) is 16.6. The molecule has 3 rings (SSSR count). The van der Waals surface area contributed by atoms with Crippen LogP contribution in [0, 0.1) is 0 Å². The van der Waals surface area contributed by atoms with Crippen LogP contribution in [0.1, 0.15) is 51.4 Å². The molecule has 1 amide bonds. The number of carbonyl (C=O) groups excluding carboxylic acids is 1. The molecule has 0 aromatic heterocycles. The van der Waals surface area contributed by atoms with Gasteiger partial charge in [0.15, 0.2) is 0 Å². The molecule has 2 aliphatic rings. The highest BCUT2D eigenvalue weighted by Crippen LogP contribution is 2.26. The molecule has 0 radical (unpaired) electrons. The summed E-state index contributed by atoms with van der Waals surface area (Å²) in [5.74, 6) is 0.652. The van der Waals surface area contributed by atoms with Crippen LogP contribution in [0.3, 0.4) is 0 Å². The molecule has 1 saturated heterocycles. The number of amides is 1.